The lowest BCUT2D eigenvalue weighted by atomic mass is 10.0. The van der Waals surface area contributed by atoms with E-state index in [2.05, 4.69) is 57.4 Å². The minimum atomic E-state index is -1.98. The average molecular weight is 637 g/mol. The number of ether oxygens (including phenoxy) is 3. The van der Waals surface area contributed by atoms with Gasteiger partial charge in [0, 0.05) is 18.5 Å². The van der Waals surface area contributed by atoms with Crippen LogP contribution in [0.1, 0.15) is 67.0 Å². The van der Waals surface area contributed by atoms with Crippen LogP contribution in [0.3, 0.4) is 0 Å². The van der Waals surface area contributed by atoms with E-state index in [0.29, 0.717) is 18.8 Å². The van der Waals surface area contributed by atoms with Crippen LogP contribution >= 0.6 is 0 Å². The van der Waals surface area contributed by atoms with Gasteiger partial charge < -0.3 is 28.9 Å². The molecule has 2 saturated heterocycles. The molecule has 244 valence electrons. The number of anilines is 1. The van der Waals surface area contributed by atoms with Gasteiger partial charge in [0.05, 0.1) is 30.6 Å². The number of carbonyl (C=O) groups is 2. The smallest absolute Gasteiger partial charge is 0.410 e. The van der Waals surface area contributed by atoms with Gasteiger partial charge in [-0.15, -0.1) is 0 Å². The second kappa shape index (κ2) is 12.8. The van der Waals surface area contributed by atoms with Crippen LogP contribution in [0.5, 0.6) is 5.75 Å². The molecule has 2 aromatic carbocycles. The van der Waals surface area contributed by atoms with Crippen molar-refractivity contribution in [3.63, 3.8) is 0 Å². The summed E-state index contributed by atoms with van der Waals surface area (Å²) >= 11 is 0. The van der Waals surface area contributed by atoms with E-state index in [1.165, 1.54) is 4.90 Å². The predicted molar refractivity (Wildman–Crippen MR) is 178 cm³/mol. The minimum absolute atomic E-state index is 0.0927. The monoisotopic (exact) mass is 636 g/mol. The summed E-state index contributed by atoms with van der Waals surface area (Å²) in [7, 11) is -1.98. The first-order chi connectivity index (χ1) is 21.1. The summed E-state index contributed by atoms with van der Waals surface area (Å²) in [6.45, 7) is 18.0. The maximum Gasteiger partial charge on any atom is 0.410 e. The van der Waals surface area contributed by atoms with Crippen molar-refractivity contribution in [1.82, 2.24) is 14.7 Å². The number of aromatic nitrogens is 2. The van der Waals surface area contributed by atoms with E-state index in [-0.39, 0.29) is 30.3 Å². The Morgan fingerprint density at radius 2 is 1.71 bits per heavy atom. The van der Waals surface area contributed by atoms with E-state index in [0.717, 1.165) is 47.0 Å². The average Bonchev–Trinajstić information content (AvgIpc) is 3.41. The number of nitrogens with one attached hydrogen (secondary N) is 1. The van der Waals surface area contributed by atoms with Crippen molar-refractivity contribution in [2.24, 2.45) is 0 Å². The van der Waals surface area contributed by atoms with Crippen molar-refractivity contribution in [2.45, 2.75) is 96.9 Å². The van der Waals surface area contributed by atoms with Crippen molar-refractivity contribution in [3.05, 3.63) is 42.6 Å². The fraction of sp³-hybridized carbons (Fsp3) is 0.559. The summed E-state index contributed by atoms with van der Waals surface area (Å²) in [4.78, 5) is 27.8. The molecule has 0 saturated carbocycles. The molecule has 1 unspecified atom stereocenters. The Kier molecular flexibility index (Phi) is 9.35. The third kappa shape index (κ3) is 7.70. The number of hydrogen-bond donors (Lipinski definition) is 1. The molecule has 2 aliphatic rings. The molecule has 3 heterocycles. The molecule has 10 nitrogen and oxygen atoms in total. The zero-order chi connectivity index (χ0) is 32.6. The quantitative estimate of drug-likeness (QED) is 0.282. The molecule has 0 bridgehead atoms. The zero-order valence-corrected chi connectivity index (χ0v) is 28.9. The van der Waals surface area contributed by atoms with Crippen LogP contribution in [0.25, 0.3) is 22.0 Å². The van der Waals surface area contributed by atoms with E-state index >= 15 is 0 Å². The van der Waals surface area contributed by atoms with Gasteiger partial charge in [-0.25, -0.2) is 9.48 Å². The third-order valence-electron chi connectivity index (χ3n) is 8.78. The number of carbonyl (C=O) groups excluding carboxylic acids is 2. The summed E-state index contributed by atoms with van der Waals surface area (Å²) in [6, 6.07) is 12.2. The van der Waals surface area contributed by atoms with Crippen molar-refractivity contribution in [2.75, 3.05) is 31.6 Å². The molecule has 2 amide bonds. The standard InChI is InChI=1S/C34H48N4O6Si/c1-33(2,3)43-32(40)37-16-18-41-29(22-37)31(39)36-27-19-24(20-28-26(27)21-35-38(28)30-11-9-10-17-42-30)23-12-14-25(15-13-23)44-45(7,8)34(4,5)6/h12-15,19-21,29-30H,9-11,16-18,22H2,1-8H3,(H,36,39)/t29-,30?/m1/s1. The highest BCUT2D eigenvalue weighted by Gasteiger charge is 2.39. The van der Waals surface area contributed by atoms with Crippen LogP contribution in [0, 0.1) is 0 Å². The topological polar surface area (TPSA) is 104 Å². The third-order valence-corrected chi connectivity index (χ3v) is 13.1. The van der Waals surface area contributed by atoms with Gasteiger partial charge in [0.25, 0.3) is 5.91 Å². The fourth-order valence-electron chi connectivity index (χ4n) is 5.24. The molecule has 0 spiro atoms. The number of nitrogens with zero attached hydrogens (tertiary/aromatic N) is 3. The Hall–Kier alpha value is -3.41. The molecular weight excluding hydrogens is 588 g/mol. The van der Waals surface area contributed by atoms with Gasteiger partial charge in [0.2, 0.25) is 8.32 Å². The van der Waals surface area contributed by atoms with Gasteiger partial charge in [-0.1, -0.05) is 32.9 Å². The largest absolute Gasteiger partial charge is 0.544 e. The Bertz CT molecular complexity index is 1520. The van der Waals surface area contributed by atoms with Crippen LogP contribution in [-0.4, -0.2) is 73.0 Å². The van der Waals surface area contributed by atoms with Gasteiger partial charge in [0.15, 0.2) is 12.3 Å². The Morgan fingerprint density at radius 1 is 0.978 bits per heavy atom. The first-order valence-corrected chi connectivity index (χ1v) is 18.8. The van der Waals surface area contributed by atoms with Crippen LogP contribution < -0.4 is 9.74 Å². The lowest BCUT2D eigenvalue weighted by molar-refractivity contribution is -0.132. The van der Waals surface area contributed by atoms with Crippen LogP contribution in [-0.2, 0) is 19.0 Å². The second-order valence-electron chi connectivity index (χ2n) is 14.5. The summed E-state index contributed by atoms with van der Waals surface area (Å²) in [5, 5.41) is 8.69. The SMILES string of the molecule is CC(C)(C)OC(=O)N1CCO[C@@H](C(=O)Nc2cc(-c3ccc(O[Si](C)(C)C(C)(C)C)cc3)cc3c2cnn3C2CCCCO2)C1. The molecule has 0 radical (unpaired) electrons. The Labute approximate surface area is 267 Å². The zero-order valence-electron chi connectivity index (χ0n) is 27.9. The maximum absolute atomic E-state index is 13.6. The minimum Gasteiger partial charge on any atom is -0.544 e. The van der Waals surface area contributed by atoms with E-state index in [4.69, 9.17) is 23.7 Å². The molecule has 2 aliphatic heterocycles. The van der Waals surface area contributed by atoms with Crippen molar-refractivity contribution in [3.8, 4) is 16.9 Å². The lowest BCUT2D eigenvalue weighted by Crippen LogP contribution is -2.51. The second-order valence-corrected chi connectivity index (χ2v) is 19.3. The van der Waals surface area contributed by atoms with E-state index in [1.807, 2.05) is 43.7 Å². The molecule has 0 aliphatic carbocycles. The maximum atomic E-state index is 13.6. The predicted octanol–water partition coefficient (Wildman–Crippen LogP) is 7.36. The van der Waals surface area contributed by atoms with Gasteiger partial charge >= 0.3 is 6.09 Å². The van der Waals surface area contributed by atoms with Gasteiger partial charge in [-0.3, -0.25) is 4.79 Å². The van der Waals surface area contributed by atoms with E-state index in [9.17, 15) is 9.59 Å². The van der Waals surface area contributed by atoms with Crippen LogP contribution in [0.15, 0.2) is 42.6 Å². The number of benzene rings is 2. The van der Waals surface area contributed by atoms with E-state index < -0.39 is 26.1 Å². The lowest BCUT2D eigenvalue weighted by Gasteiger charge is -2.36. The van der Waals surface area contributed by atoms with Crippen molar-refractivity contribution in [1.29, 1.82) is 0 Å². The highest BCUT2D eigenvalue weighted by Crippen LogP contribution is 2.39. The number of rotatable bonds is 6. The number of amides is 2. The Balaban J connectivity index is 1.44. The summed E-state index contributed by atoms with van der Waals surface area (Å²) in [6.07, 6.45) is 3.29. The summed E-state index contributed by atoms with van der Waals surface area (Å²) in [5.41, 5.74) is 2.77. The molecule has 1 aromatic heterocycles. The van der Waals surface area contributed by atoms with Crippen molar-refractivity contribution < 1.29 is 28.2 Å². The molecule has 2 fully saturated rings. The first kappa shape index (κ1) is 33.0. The molecule has 3 aromatic rings. The van der Waals surface area contributed by atoms with Gasteiger partial charge in [0.1, 0.15) is 11.4 Å². The number of fused-ring (bicyclic) bond motifs is 1. The summed E-state index contributed by atoms with van der Waals surface area (Å²) in [5.74, 6) is 0.520. The van der Waals surface area contributed by atoms with Gasteiger partial charge in [-0.05, 0) is 93.6 Å². The molecular formula is C34H48N4O6Si. The van der Waals surface area contributed by atoms with Crippen LogP contribution in [0.2, 0.25) is 18.1 Å². The highest BCUT2D eigenvalue weighted by atomic mass is 28.4. The van der Waals surface area contributed by atoms with Gasteiger partial charge in [-0.2, -0.15) is 5.10 Å². The molecule has 2 atom stereocenters. The first-order valence-electron chi connectivity index (χ1n) is 15.9. The molecule has 1 N–H and O–H groups in total. The normalized spacial score (nSPS) is 19.8. The van der Waals surface area contributed by atoms with Crippen molar-refractivity contribution >= 4 is 36.9 Å². The molecule has 5 rings (SSSR count). The number of hydrogen-bond acceptors (Lipinski definition) is 7. The highest BCUT2D eigenvalue weighted by molar-refractivity contribution is 6.74. The number of morpholine rings is 1. The Morgan fingerprint density at radius 3 is 2.36 bits per heavy atom. The van der Waals surface area contributed by atoms with Crippen LogP contribution in [0.4, 0.5) is 10.5 Å². The van der Waals surface area contributed by atoms with E-state index in [1.54, 1.807) is 6.20 Å². The fourth-order valence-corrected chi connectivity index (χ4v) is 6.27. The summed E-state index contributed by atoms with van der Waals surface area (Å²) < 4.78 is 25.9. The molecule has 11 heteroatoms. The molecule has 45 heavy (non-hydrogen) atoms.